The molecule has 0 aliphatic carbocycles. The number of para-hydroxylation sites is 2. The number of fused-ring (bicyclic) bond motifs is 7. The van der Waals surface area contributed by atoms with Crippen molar-refractivity contribution >= 4 is 54.5 Å². The van der Waals surface area contributed by atoms with Gasteiger partial charge in [0.05, 0.1) is 28.3 Å². The molecule has 0 atom stereocenters. The predicted octanol–water partition coefficient (Wildman–Crippen LogP) is 16.2. The summed E-state index contributed by atoms with van der Waals surface area (Å²) in [4.78, 5) is 14.0. The Labute approximate surface area is 405 Å². The second-order valence-electron chi connectivity index (χ2n) is 18.5. The molecule has 8 aromatic carbocycles. The van der Waals surface area contributed by atoms with Gasteiger partial charge in [-0.25, -0.2) is 0 Å². The molecular weight excluding hydrogens is 985 g/mol. The summed E-state index contributed by atoms with van der Waals surface area (Å²) in [6.45, 7) is 13.3. The molecule has 329 valence electrons. The monoisotopic (exact) mass is 1040 g/mol. The second kappa shape index (κ2) is 17.9. The van der Waals surface area contributed by atoms with Crippen LogP contribution in [0.4, 0.5) is 0 Å². The van der Waals surface area contributed by atoms with Gasteiger partial charge in [0.25, 0.3) is 0 Å². The van der Waals surface area contributed by atoms with Gasteiger partial charge < -0.3 is 8.98 Å². The van der Waals surface area contributed by atoms with Crippen molar-refractivity contribution < 1.29 is 28.6 Å². The number of hydrogen-bond acceptors (Lipinski definition) is 4. The summed E-state index contributed by atoms with van der Waals surface area (Å²) in [7, 11) is 0. The fourth-order valence-corrected chi connectivity index (χ4v) is 8.86. The van der Waals surface area contributed by atoms with E-state index < -0.39 is 6.85 Å². The zero-order chi connectivity index (χ0) is 47.5. The van der Waals surface area contributed by atoms with Crippen LogP contribution in [0.5, 0.6) is 0 Å². The molecule has 0 amide bonds. The minimum Gasteiger partial charge on any atom is -0.501 e. The molecule has 1 radical (unpaired) electrons. The van der Waals surface area contributed by atoms with Crippen LogP contribution in [0.3, 0.4) is 0 Å². The van der Waals surface area contributed by atoms with Crippen molar-refractivity contribution in [3.63, 3.8) is 0 Å². The van der Waals surface area contributed by atoms with Gasteiger partial charge in [0.1, 0.15) is 5.58 Å². The van der Waals surface area contributed by atoms with Gasteiger partial charge in [0, 0.05) is 47.7 Å². The number of rotatable bonds is 6. The molecule has 0 aliphatic rings. The molecule has 0 saturated carbocycles. The maximum absolute atomic E-state index is 7.33. The molecule has 0 saturated heterocycles. The SMILES string of the molecule is CC(C)c1cc(-c2ccccc2)cc(C(C)C)c1-n1c(-c2[c-]ccc3c2oc2cc4c(ccc5ccccc54)cc23)nc2ccccc21.[2H]C([2H])([2H])c1c[c-]c(-c2ncc(C(C)(C)C)cn2)cc1.[Ir]. The van der Waals surface area contributed by atoms with Crippen molar-refractivity contribution in [2.75, 3.05) is 0 Å². The Morgan fingerprint density at radius 3 is 2.05 bits per heavy atom. The molecule has 0 unspecified atom stereocenters. The van der Waals surface area contributed by atoms with Crippen molar-refractivity contribution in [1.82, 2.24) is 19.5 Å². The molecule has 3 heterocycles. The van der Waals surface area contributed by atoms with Crippen LogP contribution in [0.25, 0.3) is 94.1 Å². The summed E-state index contributed by atoms with van der Waals surface area (Å²) < 4.78 is 31.2. The number of furan rings is 1. The van der Waals surface area contributed by atoms with Crippen molar-refractivity contribution in [3.8, 4) is 39.6 Å². The minimum absolute atomic E-state index is 0. The molecule has 0 fully saturated rings. The summed E-state index contributed by atoms with van der Waals surface area (Å²) in [5.41, 5.74) is 12.8. The van der Waals surface area contributed by atoms with E-state index in [1.165, 1.54) is 55.6 Å². The van der Waals surface area contributed by atoms with E-state index in [4.69, 9.17) is 13.5 Å². The Morgan fingerprint density at radius 1 is 0.652 bits per heavy atom. The summed E-state index contributed by atoms with van der Waals surface area (Å²) in [5.74, 6) is 1.95. The van der Waals surface area contributed by atoms with Crippen molar-refractivity contribution in [3.05, 3.63) is 192 Å². The first-order chi connectivity index (χ1) is 32.6. The van der Waals surface area contributed by atoms with Gasteiger partial charge in [0.15, 0.2) is 0 Å². The van der Waals surface area contributed by atoms with Gasteiger partial charge in [-0.2, -0.15) is 0 Å². The smallest absolute Gasteiger partial charge is 0.121 e. The summed E-state index contributed by atoms with van der Waals surface area (Å²) in [6.07, 6.45) is 3.60. The summed E-state index contributed by atoms with van der Waals surface area (Å²) in [5, 5.41) is 7.02. The number of imidazole rings is 1. The van der Waals surface area contributed by atoms with Gasteiger partial charge in [-0.05, 0) is 103 Å². The van der Waals surface area contributed by atoms with E-state index in [0.29, 0.717) is 11.4 Å². The van der Waals surface area contributed by atoms with Crippen LogP contribution >= 0.6 is 0 Å². The van der Waals surface area contributed by atoms with Gasteiger partial charge >= 0.3 is 0 Å². The van der Waals surface area contributed by atoms with Crippen LogP contribution in [0.2, 0.25) is 0 Å². The topological polar surface area (TPSA) is 56.7 Å². The fraction of sp³-hybridized carbons (Fsp3) is 0.183. The Hall–Kier alpha value is -6.72. The fourth-order valence-electron chi connectivity index (χ4n) is 8.86. The molecule has 0 N–H and O–H groups in total. The predicted molar refractivity (Wildman–Crippen MR) is 271 cm³/mol. The second-order valence-corrected chi connectivity index (χ2v) is 18.5. The van der Waals surface area contributed by atoms with Gasteiger partial charge in [-0.3, -0.25) is 15.0 Å². The first-order valence-electron chi connectivity index (χ1n) is 23.9. The molecule has 5 nitrogen and oxygen atoms in total. The van der Waals surface area contributed by atoms with E-state index >= 15 is 0 Å². The molecule has 66 heavy (non-hydrogen) atoms. The third-order valence-corrected chi connectivity index (χ3v) is 12.4. The molecule has 0 aliphatic heterocycles. The van der Waals surface area contributed by atoms with Crippen LogP contribution in [0, 0.1) is 19.0 Å². The Kier molecular flexibility index (Phi) is 11.1. The molecule has 11 aromatic rings. The first-order valence-corrected chi connectivity index (χ1v) is 22.4. The average Bonchev–Trinajstić information content (AvgIpc) is 3.91. The molecular formula is C60H52IrN4O-2. The molecule has 0 bridgehead atoms. The van der Waals surface area contributed by atoms with E-state index in [1.54, 1.807) is 24.5 Å². The van der Waals surface area contributed by atoms with Gasteiger partial charge in [-0.1, -0.05) is 145 Å². The van der Waals surface area contributed by atoms with Crippen LogP contribution in [-0.2, 0) is 25.5 Å². The number of aryl methyl sites for hydroxylation is 1. The maximum Gasteiger partial charge on any atom is 0.121 e. The number of aromatic nitrogens is 4. The van der Waals surface area contributed by atoms with Crippen LogP contribution in [0.1, 0.15) is 86.7 Å². The van der Waals surface area contributed by atoms with Crippen molar-refractivity contribution in [2.24, 2.45) is 0 Å². The van der Waals surface area contributed by atoms with E-state index in [-0.39, 0.29) is 42.9 Å². The van der Waals surface area contributed by atoms with E-state index in [2.05, 4.69) is 196 Å². The first kappa shape index (κ1) is 40.8. The van der Waals surface area contributed by atoms with Crippen LogP contribution in [0.15, 0.2) is 162 Å². The summed E-state index contributed by atoms with van der Waals surface area (Å²) >= 11 is 0. The summed E-state index contributed by atoms with van der Waals surface area (Å²) in [6, 6.07) is 56.8. The standard InChI is InChI=1S/C45H35N2O.C15H17N2.Ir/c1-27(2)36-24-32(29-13-6-5-7-14-29)25-37(28(3)4)43(36)47-41-20-11-10-19-40(41)46-45(47)35-18-12-17-34-39-23-31-22-21-30-15-8-9-16-33(30)38(31)26-42(39)48-44(34)35;1-11-5-7-12(8-6-11)14-16-9-13(10-17-14)15(2,3)4;/h5-17,19-28H,1-4H3;5-7,9-10H,1-4H3;/q2*-1;/i;1D3;. The van der Waals surface area contributed by atoms with E-state index in [9.17, 15) is 0 Å². The Morgan fingerprint density at radius 2 is 1.35 bits per heavy atom. The zero-order valence-corrected chi connectivity index (χ0v) is 40.6. The van der Waals surface area contributed by atoms with Crippen molar-refractivity contribution in [2.45, 2.75) is 72.6 Å². The molecule has 6 heteroatoms. The quantitative estimate of drug-likeness (QED) is 0.123. The van der Waals surface area contributed by atoms with Gasteiger partial charge in [-0.15, -0.1) is 53.6 Å². The third kappa shape index (κ3) is 8.25. The van der Waals surface area contributed by atoms with Gasteiger partial charge in [0.2, 0.25) is 0 Å². The van der Waals surface area contributed by atoms with E-state index in [1.807, 2.05) is 6.07 Å². The van der Waals surface area contributed by atoms with Crippen LogP contribution in [-0.4, -0.2) is 19.5 Å². The molecule has 3 aromatic heterocycles. The maximum atomic E-state index is 7.33. The number of benzene rings is 8. The van der Waals surface area contributed by atoms with E-state index in [0.717, 1.165) is 49.9 Å². The molecule has 0 spiro atoms. The largest absolute Gasteiger partial charge is 0.501 e. The van der Waals surface area contributed by atoms with Crippen LogP contribution < -0.4 is 0 Å². The normalized spacial score (nSPS) is 12.7. The Balaban J connectivity index is 0.000000238. The number of nitrogens with zero attached hydrogens (tertiary/aromatic N) is 4. The average molecular weight is 1040 g/mol. The third-order valence-electron chi connectivity index (χ3n) is 12.4. The minimum atomic E-state index is -2.11. The van der Waals surface area contributed by atoms with Crippen molar-refractivity contribution in [1.29, 1.82) is 0 Å². The molecule has 11 rings (SSSR count). The Bertz CT molecular complexity index is 3560. The zero-order valence-electron chi connectivity index (χ0n) is 41.2. The number of hydrogen-bond donors (Lipinski definition) is 0.